The number of imidazole rings is 1. The molecule has 1 aromatic carbocycles. The fraction of sp³-hybridized carbons (Fsp3) is 0.333. The van der Waals surface area contributed by atoms with E-state index >= 15 is 0 Å². The number of hydrogen-bond donors (Lipinski definition) is 1. The maximum atomic E-state index is 12.8. The van der Waals surface area contributed by atoms with Crippen LogP contribution in [0, 0.1) is 5.92 Å². The van der Waals surface area contributed by atoms with Gasteiger partial charge >= 0.3 is 0 Å². The summed E-state index contributed by atoms with van der Waals surface area (Å²) < 4.78 is 58.4. The van der Waals surface area contributed by atoms with Crippen LogP contribution in [0.5, 0.6) is 5.75 Å². The third-order valence-corrected chi connectivity index (χ3v) is 6.58. The quantitative estimate of drug-likeness (QED) is 0.688. The molecule has 0 saturated heterocycles. The van der Waals surface area contributed by atoms with Crippen molar-refractivity contribution >= 4 is 50.7 Å². The SMILES string of the molecule is COc1ccc(Cl)c(S(=O)(=O)NC(=O)c2nc(Cl)n(C3CC3C(F)F)c2Cl)c1. The Hall–Kier alpha value is -1.62. The van der Waals surface area contributed by atoms with E-state index in [1.54, 1.807) is 4.72 Å². The van der Waals surface area contributed by atoms with E-state index in [-0.39, 0.29) is 27.6 Å². The van der Waals surface area contributed by atoms with Crippen LogP contribution >= 0.6 is 34.8 Å². The minimum Gasteiger partial charge on any atom is -0.497 e. The molecule has 2 unspecified atom stereocenters. The summed E-state index contributed by atoms with van der Waals surface area (Å²) in [6.45, 7) is 0. The van der Waals surface area contributed by atoms with E-state index in [1.165, 1.54) is 19.2 Å². The van der Waals surface area contributed by atoms with Crippen LogP contribution in [0.15, 0.2) is 23.1 Å². The number of hydrogen-bond acceptors (Lipinski definition) is 5. The average Bonchev–Trinajstić information content (AvgIpc) is 3.34. The molecule has 0 radical (unpaired) electrons. The number of methoxy groups -OCH3 is 1. The number of nitrogens with zero attached hydrogens (tertiary/aromatic N) is 2. The molecule has 28 heavy (non-hydrogen) atoms. The van der Waals surface area contributed by atoms with Crippen molar-refractivity contribution in [2.75, 3.05) is 7.11 Å². The largest absolute Gasteiger partial charge is 0.497 e. The lowest BCUT2D eigenvalue weighted by Gasteiger charge is -2.09. The molecule has 0 bridgehead atoms. The van der Waals surface area contributed by atoms with Gasteiger partial charge in [0.2, 0.25) is 11.7 Å². The summed E-state index contributed by atoms with van der Waals surface area (Å²) in [7, 11) is -3.07. The van der Waals surface area contributed by atoms with Crippen LogP contribution in [0.2, 0.25) is 15.5 Å². The summed E-state index contributed by atoms with van der Waals surface area (Å²) in [5.74, 6) is -1.94. The molecule has 1 aliphatic rings. The number of ether oxygens (including phenoxy) is 1. The Bertz CT molecular complexity index is 1050. The van der Waals surface area contributed by atoms with Crippen LogP contribution in [-0.2, 0) is 10.0 Å². The van der Waals surface area contributed by atoms with E-state index in [0.717, 1.165) is 10.6 Å². The number of halogens is 5. The van der Waals surface area contributed by atoms with Crippen molar-refractivity contribution in [3.63, 3.8) is 0 Å². The van der Waals surface area contributed by atoms with Crippen molar-refractivity contribution in [2.24, 2.45) is 5.92 Å². The van der Waals surface area contributed by atoms with Gasteiger partial charge in [-0.15, -0.1) is 0 Å². The van der Waals surface area contributed by atoms with Gasteiger partial charge in [0.15, 0.2) is 5.69 Å². The van der Waals surface area contributed by atoms with E-state index in [0.29, 0.717) is 0 Å². The Balaban J connectivity index is 1.88. The normalized spacial score (nSPS) is 19.0. The Kier molecular flexibility index (Phi) is 5.77. The van der Waals surface area contributed by atoms with Crippen molar-refractivity contribution in [3.05, 3.63) is 39.4 Å². The van der Waals surface area contributed by atoms with Crippen molar-refractivity contribution in [2.45, 2.75) is 23.8 Å². The first-order chi connectivity index (χ1) is 13.1. The predicted octanol–water partition coefficient (Wildman–Crippen LogP) is 3.80. The minimum absolute atomic E-state index is 0.117. The number of alkyl halides is 2. The zero-order valence-corrected chi connectivity index (χ0v) is 17.1. The molecule has 1 heterocycles. The Labute approximate surface area is 173 Å². The fourth-order valence-corrected chi connectivity index (χ4v) is 4.76. The Morgan fingerprint density at radius 1 is 1.36 bits per heavy atom. The second-order valence-corrected chi connectivity index (χ2v) is 8.68. The highest BCUT2D eigenvalue weighted by molar-refractivity contribution is 7.90. The molecule has 3 rings (SSSR count). The van der Waals surface area contributed by atoms with Crippen LogP contribution in [0.4, 0.5) is 8.78 Å². The molecule has 1 amide bonds. The zero-order valence-electron chi connectivity index (χ0n) is 14.0. The lowest BCUT2D eigenvalue weighted by atomic mass is 10.3. The first-order valence-electron chi connectivity index (χ1n) is 7.69. The van der Waals surface area contributed by atoms with Gasteiger partial charge in [0.1, 0.15) is 15.8 Å². The predicted molar refractivity (Wildman–Crippen MR) is 98.1 cm³/mol. The molecule has 2 aromatic rings. The standard InChI is InChI=1S/C15H12Cl3F2N3O4S/c1-27-6-2-3-8(16)10(4-6)28(25,26)22-14(24)11-12(17)23(15(18)21-11)9-5-7(9)13(19)20/h2-4,7,9,13H,5H2,1H3,(H,22,24). The lowest BCUT2D eigenvalue weighted by Crippen LogP contribution is -2.31. The van der Waals surface area contributed by atoms with E-state index < -0.39 is 44.9 Å². The Morgan fingerprint density at radius 3 is 2.61 bits per heavy atom. The van der Waals surface area contributed by atoms with Gasteiger partial charge in [-0.3, -0.25) is 4.79 Å². The highest BCUT2D eigenvalue weighted by Crippen LogP contribution is 2.50. The van der Waals surface area contributed by atoms with Crippen molar-refractivity contribution in [3.8, 4) is 5.75 Å². The summed E-state index contributed by atoms with van der Waals surface area (Å²) in [4.78, 5) is 15.7. The molecule has 7 nitrogen and oxygen atoms in total. The number of sulfonamides is 1. The maximum absolute atomic E-state index is 12.8. The zero-order chi connectivity index (χ0) is 20.8. The molecule has 0 spiro atoms. The van der Waals surface area contributed by atoms with Gasteiger partial charge < -0.3 is 9.30 Å². The summed E-state index contributed by atoms with van der Waals surface area (Å²) in [5.41, 5.74) is -0.505. The molecule has 1 aliphatic carbocycles. The number of nitrogens with one attached hydrogen (secondary N) is 1. The molecule has 13 heteroatoms. The van der Waals surface area contributed by atoms with Gasteiger partial charge in [-0.1, -0.05) is 23.2 Å². The van der Waals surface area contributed by atoms with Gasteiger partial charge in [0.25, 0.3) is 15.9 Å². The second kappa shape index (κ2) is 7.66. The smallest absolute Gasteiger partial charge is 0.286 e. The van der Waals surface area contributed by atoms with Crippen LogP contribution in [0.25, 0.3) is 0 Å². The molecule has 1 aromatic heterocycles. The maximum Gasteiger partial charge on any atom is 0.286 e. The molecule has 0 aliphatic heterocycles. The lowest BCUT2D eigenvalue weighted by molar-refractivity contribution is 0.0977. The fourth-order valence-electron chi connectivity index (χ4n) is 2.62. The van der Waals surface area contributed by atoms with Gasteiger partial charge in [-0.2, -0.15) is 0 Å². The van der Waals surface area contributed by atoms with Crippen molar-refractivity contribution < 1.29 is 26.7 Å². The van der Waals surface area contributed by atoms with E-state index in [9.17, 15) is 22.0 Å². The highest BCUT2D eigenvalue weighted by atomic mass is 35.5. The van der Waals surface area contributed by atoms with E-state index in [2.05, 4.69) is 4.98 Å². The third-order valence-electron chi connectivity index (χ3n) is 4.14. The molecule has 1 N–H and O–H groups in total. The van der Waals surface area contributed by atoms with Gasteiger partial charge in [0.05, 0.1) is 12.1 Å². The number of benzene rings is 1. The number of rotatable bonds is 6. The molecule has 2 atom stereocenters. The molecule has 152 valence electrons. The Morgan fingerprint density at radius 2 is 2.04 bits per heavy atom. The van der Waals surface area contributed by atoms with E-state index in [4.69, 9.17) is 39.5 Å². The first-order valence-corrected chi connectivity index (χ1v) is 10.3. The number of aromatic nitrogens is 2. The van der Waals surface area contributed by atoms with Crippen molar-refractivity contribution in [1.82, 2.24) is 14.3 Å². The van der Waals surface area contributed by atoms with Crippen LogP contribution < -0.4 is 9.46 Å². The summed E-state index contributed by atoms with van der Waals surface area (Å²) in [6.07, 6.45) is -2.46. The molecule has 1 saturated carbocycles. The average molecular weight is 475 g/mol. The first kappa shape index (κ1) is 21.1. The molecule has 1 fully saturated rings. The van der Waals surface area contributed by atoms with Crippen LogP contribution in [0.1, 0.15) is 23.0 Å². The summed E-state index contributed by atoms with van der Waals surface area (Å²) >= 11 is 17.9. The monoisotopic (exact) mass is 473 g/mol. The minimum atomic E-state index is -4.40. The summed E-state index contributed by atoms with van der Waals surface area (Å²) in [5, 5.41) is -0.767. The van der Waals surface area contributed by atoms with Gasteiger partial charge in [-0.05, 0) is 30.2 Å². The number of carbonyl (C=O) groups excluding carboxylic acids is 1. The van der Waals surface area contributed by atoms with Gasteiger partial charge in [0, 0.05) is 18.0 Å². The summed E-state index contributed by atoms with van der Waals surface area (Å²) in [6, 6.07) is 3.15. The van der Waals surface area contributed by atoms with Crippen LogP contribution in [0.3, 0.4) is 0 Å². The molecular weight excluding hydrogens is 463 g/mol. The second-order valence-electron chi connectivity index (χ2n) is 5.92. The molecular formula is C15H12Cl3F2N3O4S. The van der Waals surface area contributed by atoms with Gasteiger partial charge in [-0.25, -0.2) is 26.9 Å². The topological polar surface area (TPSA) is 90.3 Å². The van der Waals surface area contributed by atoms with E-state index in [1.807, 2.05) is 0 Å². The van der Waals surface area contributed by atoms with Crippen LogP contribution in [-0.4, -0.2) is 37.4 Å². The number of amides is 1. The number of carbonyl (C=O) groups is 1. The van der Waals surface area contributed by atoms with Crippen molar-refractivity contribution in [1.29, 1.82) is 0 Å². The third kappa shape index (κ3) is 3.91. The highest BCUT2D eigenvalue weighted by Gasteiger charge is 2.48.